The van der Waals surface area contributed by atoms with E-state index >= 15 is 0 Å². The molecule has 0 aromatic heterocycles. The zero-order valence-corrected chi connectivity index (χ0v) is 16.1. The van der Waals surface area contributed by atoms with Crippen molar-refractivity contribution in [3.05, 3.63) is 0 Å². The van der Waals surface area contributed by atoms with E-state index < -0.39 is 5.60 Å². The first-order valence-electron chi connectivity index (χ1n) is 10.1. The lowest BCUT2D eigenvalue weighted by Crippen LogP contribution is -2.43. The summed E-state index contributed by atoms with van der Waals surface area (Å²) in [4.78, 5) is 12.9. The molecule has 3 aliphatic carbocycles. The molecule has 0 spiro atoms. The molecule has 0 aromatic rings. The van der Waals surface area contributed by atoms with Crippen LogP contribution in [-0.2, 0) is 9.53 Å². The second-order valence-electron chi connectivity index (χ2n) is 9.71. The molecule has 3 nitrogen and oxygen atoms in total. The Morgan fingerprint density at radius 1 is 1.12 bits per heavy atom. The molecular formula is C21H36O3. The molecule has 3 aliphatic rings. The van der Waals surface area contributed by atoms with Gasteiger partial charge in [0.25, 0.3) is 0 Å². The van der Waals surface area contributed by atoms with Crippen LogP contribution in [0.1, 0.15) is 73.1 Å². The highest BCUT2D eigenvalue weighted by atomic mass is 16.6. The summed E-state index contributed by atoms with van der Waals surface area (Å²) in [6.07, 6.45) is 5.70. The van der Waals surface area contributed by atoms with Gasteiger partial charge in [0.05, 0.1) is 12.0 Å². The Hall–Kier alpha value is -0.570. The standard InChI is InChI=1S/C21H36O3/c1-12(2)19-13(3)17-10-14(19)11-18(17)20(23)24-21(4,5)15-6-8-16(22)9-7-15/h12-19,22H,6-11H2,1-5H3. The van der Waals surface area contributed by atoms with Crippen LogP contribution in [0.5, 0.6) is 0 Å². The normalized spacial score (nSPS) is 42.5. The van der Waals surface area contributed by atoms with E-state index in [1.807, 2.05) is 0 Å². The van der Waals surface area contributed by atoms with Crippen molar-refractivity contribution < 1.29 is 14.6 Å². The maximum Gasteiger partial charge on any atom is 0.309 e. The predicted octanol–water partition coefficient (Wildman–Crippen LogP) is 4.42. The van der Waals surface area contributed by atoms with Crippen LogP contribution in [0, 0.1) is 41.4 Å². The maximum absolute atomic E-state index is 12.9. The molecule has 138 valence electrons. The van der Waals surface area contributed by atoms with Crippen molar-refractivity contribution in [1.29, 1.82) is 0 Å². The molecule has 0 aromatic carbocycles. The van der Waals surface area contributed by atoms with Gasteiger partial charge in [0, 0.05) is 0 Å². The van der Waals surface area contributed by atoms with Crippen LogP contribution in [-0.4, -0.2) is 22.8 Å². The third-order valence-corrected chi connectivity index (χ3v) is 7.59. The number of rotatable bonds is 4. The van der Waals surface area contributed by atoms with Crippen molar-refractivity contribution in [1.82, 2.24) is 0 Å². The first-order chi connectivity index (χ1) is 11.2. The van der Waals surface area contributed by atoms with E-state index in [-0.39, 0.29) is 18.0 Å². The van der Waals surface area contributed by atoms with E-state index in [0.29, 0.717) is 17.8 Å². The summed E-state index contributed by atoms with van der Waals surface area (Å²) in [6.45, 7) is 11.1. The van der Waals surface area contributed by atoms with E-state index in [1.165, 1.54) is 6.42 Å². The Bertz CT molecular complexity index is 460. The zero-order chi connectivity index (χ0) is 17.6. The fraction of sp³-hybridized carbons (Fsp3) is 0.952. The van der Waals surface area contributed by atoms with Crippen LogP contribution in [0.25, 0.3) is 0 Å². The smallest absolute Gasteiger partial charge is 0.309 e. The largest absolute Gasteiger partial charge is 0.459 e. The lowest BCUT2D eigenvalue weighted by Gasteiger charge is -2.40. The minimum absolute atomic E-state index is 0.0488. The van der Waals surface area contributed by atoms with Gasteiger partial charge in [0.2, 0.25) is 0 Å². The minimum Gasteiger partial charge on any atom is -0.459 e. The number of carbonyl (C=O) groups excluding carboxylic acids is 1. The monoisotopic (exact) mass is 336 g/mol. The fourth-order valence-electron chi connectivity index (χ4n) is 6.33. The average molecular weight is 337 g/mol. The summed E-state index contributed by atoms with van der Waals surface area (Å²) in [5.74, 6) is 3.94. The molecular weight excluding hydrogens is 300 g/mol. The van der Waals surface area contributed by atoms with Crippen LogP contribution in [0.15, 0.2) is 0 Å². The van der Waals surface area contributed by atoms with Crippen molar-refractivity contribution in [2.24, 2.45) is 41.4 Å². The van der Waals surface area contributed by atoms with Gasteiger partial charge in [-0.25, -0.2) is 0 Å². The number of fused-ring (bicyclic) bond motifs is 2. The molecule has 3 heteroatoms. The third-order valence-electron chi connectivity index (χ3n) is 7.59. The molecule has 2 bridgehead atoms. The van der Waals surface area contributed by atoms with Gasteiger partial charge in [-0.2, -0.15) is 0 Å². The van der Waals surface area contributed by atoms with E-state index in [2.05, 4.69) is 34.6 Å². The van der Waals surface area contributed by atoms with Crippen LogP contribution in [0.2, 0.25) is 0 Å². The van der Waals surface area contributed by atoms with Crippen LogP contribution >= 0.6 is 0 Å². The molecule has 0 radical (unpaired) electrons. The molecule has 3 saturated carbocycles. The van der Waals surface area contributed by atoms with Crippen molar-refractivity contribution in [3.8, 4) is 0 Å². The number of hydrogen-bond donors (Lipinski definition) is 1. The Morgan fingerprint density at radius 2 is 1.75 bits per heavy atom. The third kappa shape index (κ3) is 3.25. The van der Waals surface area contributed by atoms with E-state index in [4.69, 9.17) is 4.74 Å². The van der Waals surface area contributed by atoms with Crippen molar-refractivity contribution >= 4 is 5.97 Å². The van der Waals surface area contributed by atoms with E-state index in [1.54, 1.807) is 0 Å². The fourth-order valence-corrected chi connectivity index (χ4v) is 6.33. The molecule has 3 rings (SSSR count). The highest BCUT2D eigenvalue weighted by molar-refractivity contribution is 5.74. The van der Waals surface area contributed by atoms with Gasteiger partial charge in [-0.3, -0.25) is 4.79 Å². The summed E-state index contributed by atoms with van der Waals surface area (Å²) >= 11 is 0. The number of aliphatic hydroxyl groups excluding tert-OH is 1. The first-order valence-corrected chi connectivity index (χ1v) is 10.1. The molecule has 1 N–H and O–H groups in total. The van der Waals surface area contributed by atoms with Crippen LogP contribution in [0.4, 0.5) is 0 Å². The van der Waals surface area contributed by atoms with Crippen LogP contribution < -0.4 is 0 Å². The quantitative estimate of drug-likeness (QED) is 0.773. The van der Waals surface area contributed by atoms with Gasteiger partial charge < -0.3 is 9.84 Å². The van der Waals surface area contributed by atoms with E-state index in [0.717, 1.165) is 49.9 Å². The number of aliphatic hydroxyl groups is 1. The van der Waals surface area contributed by atoms with Gasteiger partial charge in [-0.1, -0.05) is 20.8 Å². The summed E-state index contributed by atoms with van der Waals surface area (Å²) in [7, 11) is 0. The summed E-state index contributed by atoms with van der Waals surface area (Å²) in [5, 5.41) is 9.71. The SMILES string of the molecule is CC(C)C1C2CC(C(=O)OC(C)(C)C3CCC(O)CC3)C(C2)C1C. The van der Waals surface area contributed by atoms with Gasteiger partial charge in [-0.05, 0) is 87.9 Å². The molecule has 24 heavy (non-hydrogen) atoms. The predicted molar refractivity (Wildman–Crippen MR) is 95.3 cm³/mol. The molecule has 5 atom stereocenters. The molecule has 0 amide bonds. The van der Waals surface area contributed by atoms with Gasteiger partial charge in [0.1, 0.15) is 5.60 Å². The Kier molecular flexibility index (Phi) is 5.03. The highest BCUT2D eigenvalue weighted by Gasteiger charge is 2.54. The average Bonchev–Trinajstić information content (AvgIpc) is 3.04. The molecule has 0 heterocycles. The van der Waals surface area contributed by atoms with Gasteiger partial charge in [-0.15, -0.1) is 0 Å². The van der Waals surface area contributed by atoms with Crippen molar-refractivity contribution in [3.63, 3.8) is 0 Å². The van der Waals surface area contributed by atoms with E-state index in [9.17, 15) is 9.90 Å². The lowest BCUT2D eigenvalue weighted by atomic mass is 9.70. The summed E-state index contributed by atoms with van der Waals surface area (Å²) in [6, 6.07) is 0. The molecule has 0 saturated heterocycles. The number of ether oxygens (including phenoxy) is 1. The summed E-state index contributed by atoms with van der Waals surface area (Å²) < 4.78 is 6.07. The lowest BCUT2D eigenvalue weighted by molar-refractivity contribution is -0.172. The summed E-state index contributed by atoms with van der Waals surface area (Å²) in [5.41, 5.74) is -0.403. The number of esters is 1. The number of carbonyl (C=O) groups is 1. The second kappa shape index (κ2) is 6.63. The number of hydrogen-bond acceptors (Lipinski definition) is 3. The molecule has 5 unspecified atom stereocenters. The maximum atomic E-state index is 12.9. The minimum atomic E-state index is -0.403. The Balaban J connectivity index is 1.60. The second-order valence-corrected chi connectivity index (χ2v) is 9.71. The molecule has 3 fully saturated rings. The Labute approximate surface area is 147 Å². The topological polar surface area (TPSA) is 46.5 Å². The zero-order valence-electron chi connectivity index (χ0n) is 16.1. The van der Waals surface area contributed by atoms with Crippen LogP contribution in [0.3, 0.4) is 0 Å². The first kappa shape index (κ1) is 18.2. The van der Waals surface area contributed by atoms with Gasteiger partial charge >= 0.3 is 5.97 Å². The van der Waals surface area contributed by atoms with Gasteiger partial charge in [0.15, 0.2) is 0 Å². The van der Waals surface area contributed by atoms with Crippen molar-refractivity contribution in [2.75, 3.05) is 0 Å². The highest BCUT2D eigenvalue weighted by Crippen LogP contribution is 2.57. The Morgan fingerprint density at radius 3 is 2.29 bits per heavy atom. The molecule has 0 aliphatic heterocycles. The van der Waals surface area contributed by atoms with Crippen molar-refractivity contribution in [2.45, 2.75) is 84.8 Å².